The smallest absolute Gasteiger partial charge is 0.191 e. The highest BCUT2D eigenvalue weighted by atomic mass is 127. The molecule has 154 valence electrons. The fourth-order valence-corrected chi connectivity index (χ4v) is 4.01. The predicted octanol–water partition coefficient (Wildman–Crippen LogP) is 3.20. The van der Waals surface area contributed by atoms with Gasteiger partial charge in [-0.1, -0.05) is 12.1 Å². The van der Waals surface area contributed by atoms with E-state index in [1.54, 1.807) is 0 Å². The molecule has 2 aromatic heterocycles. The first-order chi connectivity index (χ1) is 13.3. The average molecular weight is 515 g/mol. The van der Waals surface area contributed by atoms with E-state index < -0.39 is 0 Å². The van der Waals surface area contributed by atoms with Crippen molar-refractivity contribution < 1.29 is 4.74 Å². The topological polar surface area (TPSA) is 61.8 Å². The monoisotopic (exact) mass is 515 g/mol. The predicted molar refractivity (Wildman–Crippen MR) is 127 cm³/mol. The van der Waals surface area contributed by atoms with Crippen LogP contribution in [-0.2, 0) is 11.3 Å². The van der Waals surface area contributed by atoms with E-state index in [0.29, 0.717) is 12.6 Å². The van der Waals surface area contributed by atoms with Crippen LogP contribution in [0.3, 0.4) is 0 Å². The molecule has 0 amide bonds. The van der Waals surface area contributed by atoms with Crippen molar-refractivity contribution in [3.8, 4) is 0 Å². The number of halogens is 1. The van der Waals surface area contributed by atoms with E-state index >= 15 is 0 Å². The van der Waals surface area contributed by atoms with Gasteiger partial charge in [-0.25, -0.2) is 4.99 Å². The van der Waals surface area contributed by atoms with E-state index in [9.17, 15) is 0 Å². The number of guanidine groups is 1. The van der Waals surface area contributed by atoms with E-state index in [2.05, 4.69) is 57.9 Å². The van der Waals surface area contributed by atoms with Crippen molar-refractivity contribution >= 4 is 41.3 Å². The zero-order valence-electron chi connectivity index (χ0n) is 16.6. The highest BCUT2D eigenvalue weighted by Gasteiger charge is 2.23. The highest BCUT2D eigenvalue weighted by molar-refractivity contribution is 14.0. The summed E-state index contributed by atoms with van der Waals surface area (Å²) in [5, 5.41) is 9.02. The number of aromatic nitrogens is 1. The van der Waals surface area contributed by atoms with Gasteiger partial charge in [0.15, 0.2) is 5.96 Å². The number of nitrogens with zero attached hydrogens (tertiary/aromatic N) is 3. The molecule has 0 radical (unpaired) electrons. The lowest BCUT2D eigenvalue weighted by molar-refractivity contribution is 0.0177. The number of hydrogen-bond acceptors (Lipinski definition) is 5. The second-order valence-electron chi connectivity index (χ2n) is 6.52. The summed E-state index contributed by atoms with van der Waals surface area (Å²) >= 11 is 1.81. The number of morpholine rings is 1. The Kier molecular flexibility index (Phi) is 10.2. The molecule has 28 heavy (non-hydrogen) atoms. The molecule has 0 spiro atoms. The zero-order valence-corrected chi connectivity index (χ0v) is 19.7. The second kappa shape index (κ2) is 12.4. The third kappa shape index (κ3) is 6.68. The van der Waals surface area contributed by atoms with Crippen molar-refractivity contribution in [2.75, 3.05) is 39.4 Å². The van der Waals surface area contributed by atoms with Crippen LogP contribution in [0.1, 0.15) is 29.1 Å². The van der Waals surface area contributed by atoms with Crippen molar-refractivity contribution in [2.24, 2.45) is 4.99 Å². The minimum atomic E-state index is 0. The number of ether oxygens (including phenoxy) is 1. The largest absolute Gasteiger partial charge is 0.379 e. The van der Waals surface area contributed by atoms with Crippen molar-refractivity contribution in [1.29, 1.82) is 0 Å². The van der Waals surface area contributed by atoms with Crippen LogP contribution in [0.4, 0.5) is 0 Å². The molecule has 3 heterocycles. The minimum absolute atomic E-state index is 0. The third-order valence-electron chi connectivity index (χ3n) is 4.67. The van der Waals surface area contributed by atoms with Crippen molar-refractivity contribution in [3.05, 3.63) is 52.0 Å². The molecule has 8 heteroatoms. The van der Waals surface area contributed by atoms with E-state index in [1.165, 1.54) is 10.4 Å². The number of pyridine rings is 1. The van der Waals surface area contributed by atoms with Crippen LogP contribution in [-0.4, -0.2) is 55.2 Å². The van der Waals surface area contributed by atoms with Gasteiger partial charge in [0.2, 0.25) is 0 Å². The summed E-state index contributed by atoms with van der Waals surface area (Å²) in [6.07, 6.45) is 1.82. The molecular weight excluding hydrogens is 485 g/mol. The maximum atomic E-state index is 5.53. The lowest BCUT2D eigenvalue weighted by atomic mass is 10.2. The summed E-state index contributed by atoms with van der Waals surface area (Å²) in [7, 11) is 0. The Morgan fingerprint density at radius 1 is 1.29 bits per heavy atom. The Morgan fingerprint density at radius 2 is 2.11 bits per heavy atom. The van der Waals surface area contributed by atoms with Crippen molar-refractivity contribution in [2.45, 2.75) is 26.4 Å². The maximum absolute atomic E-state index is 5.53. The first kappa shape index (κ1) is 23.1. The number of nitrogens with one attached hydrogen (secondary N) is 2. The molecule has 1 fully saturated rings. The third-order valence-corrected chi connectivity index (χ3v) is 5.64. The summed E-state index contributed by atoms with van der Waals surface area (Å²) in [6, 6.07) is 8.70. The van der Waals surface area contributed by atoms with Gasteiger partial charge >= 0.3 is 0 Å². The highest BCUT2D eigenvalue weighted by Crippen LogP contribution is 2.25. The molecule has 1 saturated heterocycles. The minimum Gasteiger partial charge on any atom is -0.379 e. The summed E-state index contributed by atoms with van der Waals surface area (Å²) < 4.78 is 5.53. The van der Waals surface area contributed by atoms with Crippen LogP contribution < -0.4 is 10.6 Å². The Hall–Kier alpha value is -1.23. The van der Waals surface area contributed by atoms with Gasteiger partial charge in [-0.2, -0.15) is 0 Å². The number of aliphatic imine (C=N–C) groups is 1. The second-order valence-corrected chi connectivity index (χ2v) is 7.50. The Balaban J connectivity index is 0.00000280. The van der Waals surface area contributed by atoms with Gasteiger partial charge in [-0.15, -0.1) is 35.3 Å². The van der Waals surface area contributed by atoms with E-state index in [4.69, 9.17) is 9.73 Å². The Labute approximate surface area is 188 Å². The molecule has 2 aromatic rings. The lowest BCUT2D eigenvalue weighted by Gasteiger charge is -2.34. The van der Waals surface area contributed by atoms with Crippen LogP contribution >= 0.6 is 35.3 Å². The van der Waals surface area contributed by atoms with Crippen LogP contribution in [0.5, 0.6) is 0 Å². The van der Waals surface area contributed by atoms with Crippen LogP contribution in [0.2, 0.25) is 0 Å². The number of hydrogen-bond donors (Lipinski definition) is 2. The molecule has 6 nitrogen and oxygen atoms in total. The average Bonchev–Trinajstić information content (AvgIpc) is 3.22. The van der Waals surface area contributed by atoms with Crippen molar-refractivity contribution in [1.82, 2.24) is 20.5 Å². The Morgan fingerprint density at radius 3 is 2.79 bits per heavy atom. The van der Waals surface area contributed by atoms with Gasteiger partial charge in [0.25, 0.3) is 0 Å². The normalized spacial score (nSPS) is 16.3. The zero-order chi connectivity index (χ0) is 18.9. The SMILES string of the molecule is CCNC(=NCc1ncccc1C)NCC(c1cccs1)N1CCOCC1.I. The molecular formula is C20H30IN5OS. The summed E-state index contributed by atoms with van der Waals surface area (Å²) in [4.78, 5) is 13.0. The quantitative estimate of drug-likeness (QED) is 0.337. The maximum Gasteiger partial charge on any atom is 0.191 e. The first-order valence-corrected chi connectivity index (χ1v) is 10.4. The first-order valence-electron chi connectivity index (χ1n) is 9.55. The molecule has 0 aliphatic carbocycles. The van der Waals surface area contributed by atoms with Crippen LogP contribution in [0.25, 0.3) is 0 Å². The molecule has 0 bridgehead atoms. The lowest BCUT2D eigenvalue weighted by Crippen LogP contribution is -2.46. The molecule has 1 aliphatic rings. The standard InChI is InChI=1S/C20H29N5OS.HI/c1-3-21-20(23-14-17-16(2)6-4-8-22-17)24-15-18(19-7-5-13-27-19)25-9-11-26-12-10-25;/h4-8,13,18H,3,9-12,14-15H2,1-2H3,(H2,21,23,24);1H. The molecule has 3 rings (SSSR count). The summed E-state index contributed by atoms with van der Waals surface area (Å²) in [5.74, 6) is 0.831. The van der Waals surface area contributed by atoms with E-state index in [-0.39, 0.29) is 24.0 Å². The number of rotatable bonds is 7. The molecule has 1 aliphatic heterocycles. The number of aryl methyl sites for hydroxylation is 1. The van der Waals surface area contributed by atoms with Gasteiger partial charge < -0.3 is 15.4 Å². The summed E-state index contributed by atoms with van der Waals surface area (Å²) in [5.41, 5.74) is 2.18. The van der Waals surface area contributed by atoms with Gasteiger partial charge in [0, 0.05) is 37.3 Å². The van der Waals surface area contributed by atoms with E-state index in [0.717, 1.165) is 51.0 Å². The van der Waals surface area contributed by atoms with E-state index in [1.807, 2.05) is 23.6 Å². The van der Waals surface area contributed by atoms with Crippen LogP contribution in [0.15, 0.2) is 40.8 Å². The van der Waals surface area contributed by atoms with Crippen LogP contribution in [0, 0.1) is 6.92 Å². The molecule has 1 unspecified atom stereocenters. The number of thiophene rings is 1. The molecule has 0 saturated carbocycles. The fraction of sp³-hybridized carbons (Fsp3) is 0.500. The van der Waals surface area contributed by atoms with Crippen molar-refractivity contribution in [3.63, 3.8) is 0 Å². The van der Waals surface area contributed by atoms with Gasteiger partial charge in [0.05, 0.1) is 31.5 Å². The summed E-state index contributed by atoms with van der Waals surface area (Å²) in [6.45, 7) is 9.90. The van der Waals surface area contributed by atoms with Gasteiger partial charge in [0.1, 0.15) is 0 Å². The fourth-order valence-electron chi connectivity index (χ4n) is 3.15. The Bertz CT molecular complexity index is 719. The van der Waals surface area contributed by atoms with Gasteiger partial charge in [-0.3, -0.25) is 9.88 Å². The molecule has 2 N–H and O–H groups in total. The molecule has 1 atom stereocenters. The molecule has 0 aromatic carbocycles. The van der Waals surface area contributed by atoms with Gasteiger partial charge in [-0.05, 0) is 36.9 Å².